The zero-order valence-corrected chi connectivity index (χ0v) is 16.6. The molecular weight excluding hydrogens is 360 g/mol. The SMILES string of the molecule is CN(Cc1cccc(OCC(=O)N(C)C)c1)Cc1cc(-c2cccs2)n[nH]1. The third kappa shape index (κ3) is 5.42. The topological polar surface area (TPSA) is 61.5 Å². The molecule has 3 rings (SSSR count). The highest BCUT2D eigenvalue weighted by molar-refractivity contribution is 7.13. The summed E-state index contributed by atoms with van der Waals surface area (Å²) in [5.74, 6) is 0.649. The molecule has 0 bridgehead atoms. The fraction of sp³-hybridized carbons (Fsp3) is 0.300. The highest BCUT2D eigenvalue weighted by Crippen LogP contribution is 2.23. The Labute approximate surface area is 163 Å². The monoisotopic (exact) mass is 384 g/mol. The molecule has 7 heteroatoms. The van der Waals surface area contributed by atoms with Gasteiger partial charge in [-0.05, 0) is 42.3 Å². The zero-order chi connectivity index (χ0) is 19.2. The van der Waals surface area contributed by atoms with Gasteiger partial charge in [-0.2, -0.15) is 5.10 Å². The number of carbonyl (C=O) groups is 1. The summed E-state index contributed by atoms with van der Waals surface area (Å²) in [5.41, 5.74) is 3.18. The molecule has 0 unspecified atom stereocenters. The number of benzene rings is 1. The van der Waals surface area contributed by atoms with Crippen molar-refractivity contribution in [1.29, 1.82) is 0 Å². The van der Waals surface area contributed by atoms with Crippen LogP contribution in [-0.2, 0) is 17.9 Å². The third-order valence-electron chi connectivity index (χ3n) is 4.06. The highest BCUT2D eigenvalue weighted by Gasteiger charge is 2.09. The number of nitrogens with zero attached hydrogens (tertiary/aromatic N) is 3. The largest absolute Gasteiger partial charge is 0.484 e. The molecule has 2 heterocycles. The van der Waals surface area contributed by atoms with Crippen LogP contribution in [0.25, 0.3) is 10.6 Å². The van der Waals surface area contributed by atoms with Gasteiger partial charge in [-0.3, -0.25) is 14.8 Å². The molecule has 1 aromatic carbocycles. The number of carbonyl (C=O) groups excluding carboxylic acids is 1. The van der Waals surface area contributed by atoms with Crippen molar-refractivity contribution in [2.24, 2.45) is 0 Å². The van der Waals surface area contributed by atoms with Gasteiger partial charge in [-0.25, -0.2) is 0 Å². The summed E-state index contributed by atoms with van der Waals surface area (Å²) in [6.45, 7) is 1.58. The van der Waals surface area contributed by atoms with E-state index in [-0.39, 0.29) is 12.5 Å². The van der Waals surface area contributed by atoms with Gasteiger partial charge in [-0.15, -0.1) is 11.3 Å². The van der Waals surface area contributed by atoms with Gasteiger partial charge in [0.1, 0.15) is 11.4 Å². The third-order valence-corrected chi connectivity index (χ3v) is 4.95. The molecule has 0 fully saturated rings. The van der Waals surface area contributed by atoms with E-state index < -0.39 is 0 Å². The van der Waals surface area contributed by atoms with Gasteiger partial charge in [-0.1, -0.05) is 18.2 Å². The zero-order valence-electron chi connectivity index (χ0n) is 15.8. The number of rotatable bonds is 8. The average molecular weight is 385 g/mol. The quantitative estimate of drug-likeness (QED) is 0.648. The van der Waals surface area contributed by atoms with Crippen LogP contribution in [0, 0.1) is 0 Å². The minimum absolute atomic E-state index is 0.0476. The number of ether oxygens (including phenoxy) is 1. The van der Waals surface area contributed by atoms with E-state index in [0.717, 1.165) is 34.9 Å². The fourth-order valence-corrected chi connectivity index (χ4v) is 3.35. The van der Waals surface area contributed by atoms with Gasteiger partial charge in [0, 0.05) is 32.9 Å². The van der Waals surface area contributed by atoms with E-state index in [4.69, 9.17) is 4.74 Å². The molecule has 0 saturated carbocycles. The first kappa shape index (κ1) is 19.1. The Morgan fingerprint density at radius 3 is 2.74 bits per heavy atom. The number of thiophene rings is 1. The van der Waals surface area contributed by atoms with E-state index in [1.54, 1.807) is 25.4 Å². The Morgan fingerprint density at radius 2 is 2.00 bits per heavy atom. The first-order valence-corrected chi connectivity index (χ1v) is 9.58. The van der Waals surface area contributed by atoms with Crippen LogP contribution in [-0.4, -0.2) is 53.7 Å². The van der Waals surface area contributed by atoms with Gasteiger partial charge < -0.3 is 9.64 Å². The summed E-state index contributed by atoms with van der Waals surface area (Å²) in [7, 11) is 5.50. The molecule has 2 aromatic heterocycles. The molecular formula is C20H24N4O2S. The van der Waals surface area contributed by atoms with E-state index in [1.807, 2.05) is 24.3 Å². The Morgan fingerprint density at radius 1 is 1.15 bits per heavy atom. The molecule has 142 valence electrons. The lowest BCUT2D eigenvalue weighted by atomic mass is 10.2. The van der Waals surface area contributed by atoms with Crippen molar-refractivity contribution in [2.75, 3.05) is 27.7 Å². The fourth-order valence-electron chi connectivity index (χ4n) is 2.66. The molecule has 27 heavy (non-hydrogen) atoms. The van der Waals surface area contributed by atoms with Crippen LogP contribution in [0.4, 0.5) is 0 Å². The standard InChI is InChI=1S/C20H24N4O2S/c1-23(2)20(25)14-26-17-7-4-6-15(10-17)12-24(3)13-16-11-18(22-21-16)19-8-5-9-27-19/h4-11H,12-14H2,1-3H3,(H,21,22). The number of hydrogen-bond donors (Lipinski definition) is 1. The highest BCUT2D eigenvalue weighted by atomic mass is 32.1. The lowest BCUT2D eigenvalue weighted by Crippen LogP contribution is -2.27. The summed E-state index contributed by atoms with van der Waals surface area (Å²) >= 11 is 1.68. The summed E-state index contributed by atoms with van der Waals surface area (Å²) in [6, 6.07) is 14.0. The van der Waals surface area contributed by atoms with Crippen molar-refractivity contribution < 1.29 is 9.53 Å². The van der Waals surface area contributed by atoms with E-state index >= 15 is 0 Å². The number of hydrogen-bond acceptors (Lipinski definition) is 5. The Hall–Kier alpha value is -2.64. The minimum Gasteiger partial charge on any atom is -0.484 e. The number of aromatic nitrogens is 2. The number of nitrogens with one attached hydrogen (secondary N) is 1. The van der Waals surface area contributed by atoms with Crippen molar-refractivity contribution in [3.8, 4) is 16.3 Å². The van der Waals surface area contributed by atoms with Gasteiger partial charge in [0.15, 0.2) is 6.61 Å². The van der Waals surface area contributed by atoms with Crippen molar-refractivity contribution in [1.82, 2.24) is 20.0 Å². The molecule has 0 radical (unpaired) electrons. The van der Waals surface area contributed by atoms with Crippen molar-refractivity contribution in [3.05, 3.63) is 59.1 Å². The Bertz CT molecular complexity index is 874. The van der Waals surface area contributed by atoms with Crippen LogP contribution in [0.3, 0.4) is 0 Å². The van der Waals surface area contributed by atoms with Crippen LogP contribution in [0.5, 0.6) is 5.75 Å². The molecule has 0 saturated heterocycles. The summed E-state index contributed by atoms with van der Waals surface area (Å²) < 4.78 is 5.59. The Kier molecular flexibility index (Phi) is 6.26. The maximum atomic E-state index is 11.7. The lowest BCUT2D eigenvalue weighted by Gasteiger charge is -2.16. The number of aromatic amines is 1. The Balaban J connectivity index is 1.55. The second-order valence-electron chi connectivity index (χ2n) is 6.65. The number of amides is 1. The molecule has 0 aliphatic carbocycles. The maximum absolute atomic E-state index is 11.7. The molecule has 1 amide bonds. The van der Waals surface area contributed by atoms with E-state index in [9.17, 15) is 4.79 Å². The summed E-state index contributed by atoms with van der Waals surface area (Å²) in [6.07, 6.45) is 0. The van der Waals surface area contributed by atoms with Gasteiger partial charge in [0.05, 0.1) is 4.88 Å². The van der Waals surface area contributed by atoms with Crippen molar-refractivity contribution in [2.45, 2.75) is 13.1 Å². The van der Waals surface area contributed by atoms with Crippen LogP contribution in [0.15, 0.2) is 47.8 Å². The predicted molar refractivity (Wildman–Crippen MR) is 108 cm³/mol. The van der Waals surface area contributed by atoms with E-state index in [1.165, 1.54) is 4.90 Å². The molecule has 0 spiro atoms. The van der Waals surface area contributed by atoms with Crippen LogP contribution >= 0.6 is 11.3 Å². The minimum atomic E-state index is -0.0571. The van der Waals surface area contributed by atoms with Gasteiger partial charge in [0.2, 0.25) is 0 Å². The first-order chi connectivity index (χ1) is 13.0. The molecule has 0 atom stereocenters. The van der Waals surface area contributed by atoms with Crippen LogP contribution in [0.1, 0.15) is 11.3 Å². The normalized spacial score (nSPS) is 11.0. The lowest BCUT2D eigenvalue weighted by molar-refractivity contribution is -0.130. The van der Waals surface area contributed by atoms with E-state index in [2.05, 4.69) is 45.7 Å². The number of H-pyrrole nitrogens is 1. The van der Waals surface area contributed by atoms with E-state index in [0.29, 0.717) is 5.75 Å². The molecule has 0 aliphatic rings. The van der Waals surface area contributed by atoms with Crippen molar-refractivity contribution >= 4 is 17.2 Å². The first-order valence-electron chi connectivity index (χ1n) is 8.70. The molecule has 1 N–H and O–H groups in total. The average Bonchev–Trinajstić information content (AvgIpc) is 3.31. The second-order valence-corrected chi connectivity index (χ2v) is 7.60. The van der Waals surface area contributed by atoms with Crippen LogP contribution < -0.4 is 4.74 Å². The predicted octanol–water partition coefficient (Wildman–Crippen LogP) is 3.24. The van der Waals surface area contributed by atoms with Crippen molar-refractivity contribution in [3.63, 3.8) is 0 Å². The summed E-state index contributed by atoms with van der Waals surface area (Å²) in [5, 5.41) is 9.56. The van der Waals surface area contributed by atoms with Gasteiger partial charge in [0.25, 0.3) is 5.91 Å². The van der Waals surface area contributed by atoms with Crippen LogP contribution in [0.2, 0.25) is 0 Å². The maximum Gasteiger partial charge on any atom is 0.259 e. The second kappa shape index (κ2) is 8.83. The molecule has 3 aromatic rings. The molecule has 6 nitrogen and oxygen atoms in total. The van der Waals surface area contributed by atoms with Gasteiger partial charge >= 0.3 is 0 Å². The summed E-state index contributed by atoms with van der Waals surface area (Å²) in [4.78, 5) is 16.5. The molecule has 0 aliphatic heterocycles. The smallest absolute Gasteiger partial charge is 0.259 e. The number of likely N-dealkylation sites (N-methyl/N-ethyl adjacent to an activating group) is 1.